The normalized spacial score (nSPS) is 12.0. The average Bonchev–Trinajstić information content (AvgIpc) is 2.53. The second kappa shape index (κ2) is 10.8. The predicted molar refractivity (Wildman–Crippen MR) is 91.9 cm³/mol. The van der Waals surface area contributed by atoms with E-state index < -0.39 is 6.04 Å². The van der Waals surface area contributed by atoms with Gasteiger partial charge in [0.05, 0.1) is 0 Å². The highest BCUT2D eigenvalue weighted by atomic mass is 16.2. The Morgan fingerprint density at radius 1 is 1.22 bits per heavy atom. The van der Waals surface area contributed by atoms with Crippen LogP contribution < -0.4 is 10.6 Å². The number of unbranched alkanes of at least 4 members (excludes halogenated alkanes) is 2. The first kappa shape index (κ1) is 19.1. The van der Waals surface area contributed by atoms with E-state index in [-0.39, 0.29) is 17.7 Å². The molecule has 0 aliphatic rings. The number of nitrogens with one attached hydrogen (secondary N) is 2. The van der Waals surface area contributed by atoms with Crippen molar-refractivity contribution < 1.29 is 9.59 Å². The van der Waals surface area contributed by atoms with Gasteiger partial charge in [0.15, 0.2) is 0 Å². The van der Waals surface area contributed by atoms with E-state index in [1.165, 1.54) is 0 Å². The van der Waals surface area contributed by atoms with Crippen LogP contribution in [-0.2, 0) is 16.0 Å². The third kappa shape index (κ3) is 7.77. The van der Waals surface area contributed by atoms with E-state index in [0.29, 0.717) is 19.4 Å². The zero-order chi connectivity index (χ0) is 17.1. The highest BCUT2D eigenvalue weighted by Crippen LogP contribution is 2.05. The van der Waals surface area contributed by atoms with E-state index in [0.717, 1.165) is 25.0 Å². The molecule has 0 aliphatic carbocycles. The number of hydrogen-bond acceptors (Lipinski definition) is 3. The fraction of sp³-hybridized carbons (Fsp3) is 0.611. The van der Waals surface area contributed by atoms with Crippen LogP contribution in [0, 0.1) is 5.92 Å². The fourth-order valence-electron chi connectivity index (χ4n) is 2.29. The highest BCUT2D eigenvalue weighted by molar-refractivity contribution is 5.87. The zero-order valence-corrected chi connectivity index (χ0v) is 14.5. The van der Waals surface area contributed by atoms with Gasteiger partial charge < -0.3 is 10.6 Å². The Bertz CT molecular complexity index is 474. The maximum absolute atomic E-state index is 12.3. The molecule has 128 valence electrons. The Kier molecular flexibility index (Phi) is 8.95. The minimum atomic E-state index is -0.479. The van der Waals surface area contributed by atoms with Gasteiger partial charge in [-0.15, -0.1) is 0 Å². The lowest BCUT2D eigenvalue weighted by Gasteiger charge is -2.21. The lowest BCUT2D eigenvalue weighted by molar-refractivity contribution is -0.130. The molecule has 5 heteroatoms. The minimum Gasteiger partial charge on any atom is -0.354 e. The van der Waals surface area contributed by atoms with Crippen molar-refractivity contribution in [3.63, 3.8) is 0 Å². The molecule has 0 saturated heterocycles. The topological polar surface area (TPSA) is 71.1 Å². The number of rotatable bonds is 10. The number of pyridine rings is 1. The van der Waals surface area contributed by atoms with Gasteiger partial charge in [0.25, 0.3) is 0 Å². The van der Waals surface area contributed by atoms with Gasteiger partial charge in [-0.2, -0.15) is 0 Å². The largest absolute Gasteiger partial charge is 0.354 e. The van der Waals surface area contributed by atoms with Gasteiger partial charge in [-0.25, -0.2) is 0 Å². The molecule has 0 saturated carbocycles. The van der Waals surface area contributed by atoms with Crippen LogP contribution in [0.1, 0.15) is 52.1 Å². The molecule has 0 aromatic carbocycles. The van der Waals surface area contributed by atoms with Crippen molar-refractivity contribution >= 4 is 11.8 Å². The van der Waals surface area contributed by atoms with Crippen molar-refractivity contribution in [2.45, 2.75) is 58.9 Å². The summed E-state index contributed by atoms with van der Waals surface area (Å²) >= 11 is 0. The monoisotopic (exact) mass is 319 g/mol. The molecule has 5 nitrogen and oxygen atoms in total. The van der Waals surface area contributed by atoms with Crippen LogP contribution in [0.15, 0.2) is 24.4 Å². The van der Waals surface area contributed by atoms with Crippen molar-refractivity contribution in [1.29, 1.82) is 0 Å². The van der Waals surface area contributed by atoms with Crippen LogP contribution in [0.2, 0.25) is 0 Å². The van der Waals surface area contributed by atoms with Gasteiger partial charge in [0, 0.05) is 31.3 Å². The standard InChI is InChI=1S/C18H29N3O2/c1-4-5-6-10-16(22)21-17(14(2)3)18(23)20-13-11-15-9-7-8-12-19-15/h7-9,12,14,17H,4-6,10-11,13H2,1-3H3,(H,20,23)(H,21,22). The van der Waals surface area contributed by atoms with E-state index in [4.69, 9.17) is 0 Å². The molecule has 0 spiro atoms. The molecule has 0 fully saturated rings. The van der Waals surface area contributed by atoms with Crippen LogP contribution >= 0.6 is 0 Å². The van der Waals surface area contributed by atoms with E-state index >= 15 is 0 Å². The Hall–Kier alpha value is -1.91. The zero-order valence-electron chi connectivity index (χ0n) is 14.5. The van der Waals surface area contributed by atoms with Gasteiger partial charge in [-0.3, -0.25) is 14.6 Å². The number of carbonyl (C=O) groups excluding carboxylic acids is 2. The van der Waals surface area contributed by atoms with Crippen LogP contribution in [0.25, 0.3) is 0 Å². The van der Waals surface area contributed by atoms with Gasteiger partial charge in [-0.05, 0) is 24.5 Å². The van der Waals surface area contributed by atoms with E-state index in [1.54, 1.807) is 6.20 Å². The first-order chi connectivity index (χ1) is 11.0. The van der Waals surface area contributed by atoms with Gasteiger partial charge in [0.2, 0.25) is 11.8 Å². The van der Waals surface area contributed by atoms with Gasteiger partial charge in [0.1, 0.15) is 6.04 Å². The lowest BCUT2D eigenvalue weighted by Crippen LogP contribution is -2.50. The summed E-state index contributed by atoms with van der Waals surface area (Å²) in [4.78, 5) is 28.5. The first-order valence-electron chi connectivity index (χ1n) is 8.51. The molecule has 1 heterocycles. The van der Waals surface area contributed by atoms with Gasteiger partial charge in [-0.1, -0.05) is 39.7 Å². The summed E-state index contributed by atoms with van der Waals surface area (Å²) in [5.74, 6) is -0.114. The maximum atomic E-state index is 12.3. The van der Waals surface area contributed by atoms with E-state index in [1.807, 2.05) is 32.0 Å². The molecule has 2 N–H and O–H groups in total. The summed E-state index contributed by atoms with van der Waals surface area (Å²) in [6.07, 6.45) is 5.89. The molecule has 0 aliphatic heterocycles. The van der Waals surface area contributed by atoms with E-state index in [2.05, 4.69) is 22.5 Å². The Morgan fingerprint density at radius 3 is 2.61 bits per heavy atom. The molecule has 1 rings (SSSR count). The molecule has 1 aromatic rings. The molecular weight excluding hydrogens is 290 g/mol. The maximum Gasteiger partial charge on any atom is 0.242 e. The second-order valence-corrected chi connectivity index (χ2v) is 6.11. The molecule has 0 radical (unpaired) electrons. The third-order valence-corrected chi connectivity index (χ3v) is 3.68. The van der Waals surface area contributed by atoms with Crippen molar-refractivity contribution in [1.82, 2.24) is 15.6 Å². The summed E-state index contributed by atoms with van der Waals surface area (Å²) in [6, 6.07) is 5.25. The van der Waals surface area contributed by atoms with Crippen LogP contribution in [0.3, 0.4) is 0 Å². The fourth-order valence-corrected chi connectivity index (χ4v) is 2.29. The van der Waals surface area contributed by atoms with E-state index in [9.17, 15) is 9.59 Å². The summed E-state index contributed by atoms with van der Waals surface area (Å²) < 4.78 is 0. The van der Waals surface area contributed by atoms with Crippen LogP contribution in [0.5, 0.6) is 0 Å². The number of amides is 2. The van der Waals surface area contributed by atoms with Gasteiger partial charge >= 0.3 is 0 Å². The number of carbonyl (C=O) groups is 2. The number of nitrogens with zero attached hydrogens (tertiary/aromatic N) is 1. The molecule has 23 heavy (non-hydrogen) atoms. The Balaban J connectivity index is 2.40. The molecule has 1 aromatic heterocycles. The molecule has 1 unspecified atom stereocenters. The van der Waals surface area contributed by atoms with Crippen molar-refractivity contribution in [3.8, 4) is 0 Å². The number of hydrogen-bond donors (Lipinski definition) is 2. The number of aromatic nitrogens is 1. The van der Waals surface area contributed by atoms with Crippen molar-refractivity contribution in [2.75, 3.05) is 6.54 Å². The molecule has 1 atom stereocenters. The highest BCUT2D eigenvalue weighted by Gasteiger charge is 2.23. The SMILES string of the molecule is CCCCCC(=O)NC(C(=O)NCCc1ccccn1)C(C)C. The van der Waals surface area contributed by atoms with Crippen molar-refractivity contribution in [2.24, 2.45) is 5.92 Å². The summed E-state index contributed by atoms with van der Waals surface area (Å²) in [7, 11) is 0. The second-order valence-electron chi connectivity index (χ2n) is 6.11. The van der Waals surface area contributed by atoms with Crippen molar-refractivity contribution in [3.05, 3.63) is 30.1 Å². The first-order valence-corrected chi connectivity index (χ1v) is 8.51. The summed E-state index contributed by atoms with van der Waals surface area (Å²) in [5.41, 5.74) is 0.942. The minimum absolute atomic E-state index is 0.0444. The Labute approximate surface area is 139 Å². The van der Waals surface area contributed by atoms with Crippen LogP contribution in [-0.4, -0.2) is 29.4 Å². The lowest BCUT2D eigenvalue weighted by atomic mass is 10.0. The quantitative estimate of drug-likeness (QED) is 0.651. The predicted octanol–water partition coefficient (Wildman–Crippen LogP) is 2.46. The molecule has 0 bridgehead atoms. The summed E-state index contributed by atoms with van der Waals surface area (Å²) in [6.45, 7) is 6.50. The molecule has 2 amide bonds. The smallest absolute Gasteiger partial charge is 0.242 e. The Morgan fingerprint density at radius 2 is 2.00 bits per heavy atom. The average molecular weight is 319 g/mol. The molecular formula is C18H29N3O2. The summed E-state index contributed by atoms with van der Waals surface area (Å²) in [5, 5.41) is 5.75. The third-order valence-electron chi connectivity index (χ3n) is 3.68. The van der Waals surface area contributed by atoms with Crippen LogP contribution in [0.4, 0.5) is 0 Å².